The lowest BCUT2D eigenvalue weighted by atomic mass is 10.1. The van der Waals surface area contributed by atoms with Crippen LogP contribution in [0.4, 0.5) is 19.0 Å². The molecule has 0 unspecified atom stereocenters. The number of fused-ring (bicyclic) bond motifs is 1. The van der Waals surface area contributed by atoms with Gasteiger partial charge in [0.1, 0.15) is 11.3 Å². The SMILES string of the molecule is C[C@@H](Nc1nc(C=O)nc2nc(-c3ccc(Cl)c(Cl)c3)n(Cc3ccc(C(F)(F)F)cc3)c12)C1CC1. The second kappa shape index (κ2) is 9.37. The Morgan fingerprint density at radius 3 is 2.42 bits per heavy atom. The number of anilines is 1. The van der Waals surface area contributed by atoms with Gasteiger partial charge in [0.2, 0.25) is 0 Å². The Labute approximate surface area is 214 Å². The van der Waals surface area contributed by atoms with Crippen molar-refractivity contribution >= 4 is 46.5 Å². The van der Waals surface area contributed by atoms with Gasteiger partial charge in [-0.2, -0.15) is 13.2 Å². The number of carbonyl (C=O) groups excluding carboxylic acids is 1. The molecular weight excluding hydrogens is 514 g/mol. The van der Waals surface area contributed by atoms with Crippen molar-refractivity contribution in [3.05, 3.63) is 69.5 Å². The highest BCUT2D eigenvalue weighted by Crippen LogP contribution is 2.37. The average molecular weight is 534 g/mol. The van der Waals surface area contributed by atoms with Crippen molar-refractivity contribution in [2.45, 2.75) is 38.5 Å². The fraction of sp³-hybridized carbons (Fsp3) is 0.280. The number of nitrogens with one attached hydrogen (secondary N) is 1. The number of nitrogens with zero attached hydrogens (tertiary/aromatic N) is 4. The summed E-state index contributed by atoms with van der Waals surface area (Å²) in [5, 5.41) is 4.09. The molecule has 0 saturated heterocycles. The molecule has 1 N–H and O–H groups in total. The number of hydrogen-bond acceptors (Lipinski definition) is 5. The normalized spacial score (nSPS) is 14.7. The maximum atomic E-state index is 13.1. The van der Waals surface area contributed by atoms with Gasteiger partial charge in [0, 0.05) is 18.2 Å². The number of hydrogen-bond donors (Lipinski definition) is 1. The van der Waals surface area contributed by atoms with Gasteiger partial charge in [-0.3, -0.25) is 4.79 Å². The summed E-state index contributed by atoms with van der Waals surface area (Å²) in [6, 6.07) is 10.1. The van der Waals surface area contributed by atoms with Gasteiger partial charge in [0.15, 0.2) is 23.6 Å². The van der Waals surface area contributed by atoms with E-state index < -0.39 is 11.7 Å². The van der Waals surface area contributed by atoms with Crippen LogP contribution >= 0.6 is 23.2 Å². The summed E-state index contributed by atoms with van der Waals surface area (Å²) in [5.41, 5.74) is 1.33. The first-order chi connectivity index (χ1) is 17.1. The van der Waals surface area contributed by atoms with E-state index in [0.29, 0.717) is 50.5 Å². The van der Waals surface area contributed by atoms with Gasteiger partial charge in [-0.25, -0.2) is 15.0 Å². The molecule has 2 heterocycles. The summed E-state index contributed by atoms with van der Waals surface area (Å²) in [5.74, 6) is 1.37. The van der Waals surface area contributed by atoms with Crippen LogP contribution in [0.3, 0.4) is 0 Å². The van der Waals surface area contributed by atoms with Gasteiger partial charge >= 0.3 is 6.18 Å². The third-order valence-corrected chi connectivity index (χ3v) is 6.96. The highest BCUT2D eigenvalue weighted by molar-refractivity contribution is 6.42. The molecule has 6 nitrogen and oxygen atoms in total. The minimum atomic E-state index is -4.43. The number of carbonyl (C=O) groups is 1. The zero-order chi connectivity index (χ0) is 25.6. The Balaban J connectivity index is 1.68. The lowest BCUT2D eigenvalue weighted by Gasteiger charge is -2.17. The molecule has 1 aliphatic carbocycles. The minimum Gasteiger partial charge on any atom is -0.365 e. The number of alkyl halides is 3. The molecule has 0 radical (unpaired) electrons. The van der Waals surface area contributed by atoms with Gasteiger partial charge in [-0.05, 0) is 61.6 Å². The van der Waals surface area contributed by atoms with Crippen LogP contribution in [0, 0.1) is 5.92 Å². The lowest BCUT2D eigenvalue weighted by Crippen LogP contribution is -2.20. The minimum absolute atomic E-state index is 0.0205. The quantitative estimate of drug-likeness (QED) is 0.262. The fourth-order valence-corrected chi connectivity index (χ4v) is 4.43. The van der Waals surface area contributed by atoms with Crippen molar-refractivity contribution in [2.75, 3.05) is 5.32 Å². The van der Waals surface area contributed by atoms with Crippen LogP contribution in [0.1, 0.15) is 41.5 Å². The third-order valence-electron chi connectivity index (χ3n) is 6.22. The van der Waals surface area contributed by atoms with Gasteiger partial charge < -0.3 is 9.88 Å². The van der Waals surface area contributed by atoms with E-state index in [9.17, 15) is 18.0 Å². The molecule has 1 aliphatic rings. The van der Waals surface area contributed by atoms with Crippen LogP contribution in [-0.4, -0.2) is 31.8 Å². The maximum absolute atomic E-state index is 13.1. The summed E-state index contributed by atoms with van der Waals surface area (Å²) in [4.78, 5) is 25.0. The summed E-state index contributed by atoms with van der Waals surface area (Å²) in [6.45, 7) is 2.23. The van der Waals surface area contributed by atoms with Crippen LogP contribution < -0.4 is 5.32 Å². The molecule has 1 atom stereocenters. The Kier molecular flexibility index (Phi) is 6.38. The van der Waals surface area contributed by atoms with Gasteiger partial charge in [-0.15, -0.1) is 0 Å². The van der Waals surface area contributed by atoms with Crippen LogP contribution in [-0.2, 0) is 12.7 Å². The number of imidazole rings is 1. The van der Waals surface area contributed by atoms with Crippen molar-refractivity contribution in [1.29, 1.82) is 0 Å². The van der Waals surface area contributed by atoms with E-state index in [2.05, 4.69) is 20.3 Å². The van der Waals surface area contributed by atoms with E-state index in [4.69, 9.17) is 23.2 Å². The molecule has 0 aliphatic heterocycles. The maximum Gasteiger partial charge on any atom is 0.416 e. The molecule has 36 heavy (non-hydrogen) atoms. The largest absolute Gasteiger partial charge is 0.416 e. The number of aromatic nitrogens is 4. The number of benzene rings is 2. The molecule has 0 bridgehead atoms. The number of halogens is 5. The lowest BCUT2D eigenvalue weighted by molar-refractivity contribution is -0.137. The molecule has 1 fully saturated rings. The fourth-order valence-electron chi connectivity index (χ4n) is 4.13. The molecule has 0 amide bonds. The Bertz CT molecular complexity index is 1450. The predicted octanol–water partition coefficient (Wildman–Crippen LogP) is 6.89. The number of aldehydes is 1. The number of rotatable bonds is 7. The smallest absolute Gasteiger partial charge is 0.365 e. The molecule has 5 rings (SSSR count). The van der Waals surface area contributed by atoms with E-state index in [0.717, 1.165) is 25.0 Å². The summed E-state index contributed by atoms with van der Waals surface area (Å²) in [6.07, 6.45) is -1.68. The second-order valence-electron chi connectivity index (χ2n) is 8.84. The van der Waals surface area contributed by atoms with Crippen LogP contribution in [0.15, 0.2) is 42.5 Å². The Morgan fingerprint density at radius 1 is 1.08 bits per heavy atom. The van der Waals surface area contributed by atoms with Gasteiger partial charge in [0.05, 0.1) is 15.6 Å². The van der Waals surface area contributed by atoms with E-state index in [1.807, 2.05) is 11.5 Å². The monoisotopic (exact) mass is 533 g/mol. The highest BCUT2D eigenvalue weighted by Gasteiger charge is 2.31. The topological polar surface area (TPSA) is 72.7 Å². The van der Waals surface area contributed by atoms with Crippen molar-refractivity contribution in [3.63, 3.8) is 0 Å². The van der Waals surface area contributed by atoms with E-state index in [1.165, 1.54) is 12.1 Å². The molecular formula is C25H20Cl2F3N5O. The van der Waals surface area contributed by atoms with Crippen LogP contribution in [0.2, 0.25) is 10.0 Å². The molecule has 186 valence electrons. The van der Waals surface area contributed by atoms with Crippen molar-refractivity contribution in [2.24, 2.45) is 5.92 Å². The molecule has 0 spiro atoms. The molecule has 4 aromatic rings. The Morgan fingerprint density at radius 2 is 1.81 bits per heavy atom. The summed E-state index contributed by atoms with van der Waals surface area (Å²) < 4.78 is 41.1. The van der Waals surface area contributed by atoms with Crippen LogP contribution in [0.25, 0.3) is 22.6 Å². The second-order valence-corrected chi connectivity index (χ2v) is 9.65. The standard InChI is InChI=1S/C25H20Cl2F3N5O/c1-13(15-4-5-15)31-22-21-23(33-20(12-36)32-22)34-24(16-6-9-18(26)19(27)10-16)35(21)11-14-2-7-17(8-3-14)25(28,29)30/h2-3,6-10,12-13,15H,4-5,11H2,1H3,(H,31,32,33)/t13-/m1/s1. The Hall–Kier alpha value is -3.17. The van der Waals surface area contributed by atoms with Crippen molar-refractivity contribution in [3.8, 4) is 11.4 Å². The van der Waals surface area contributed by atoms with Gasteiger partial charge in [-0.1, -0.05) is 35.3 Å². The first kappa shape index (κ1) is 24.5. The average Bonchev–Trinajstić information content (AvgIpc) is 3.63. The van der Waals surface area contributed by atoms with Crippen molar-refractivity contribution < 1.29 is 18.0 Å². The first-order valence-electron chi connectivity index (χ1n) is 11.3. The zero-order valence-electron chi connectivity index (χ0n) is 19.0. The summed E-state index contributed by atoms with van der Waals surface area (Å²) >= 11 is 12.4. The van der Waals surface area contributed by atoms with Crippen molar-refractivity contribution in [1.82, 2.24) is 19.5 Å². The predicted molar refractivity (Wildman–Crippen MR) is 133 cm³/mol. The zero-order valence-corrected chi connectivity index (χ0v) is 20.5. The summed E-state index contributed by atoms with van der Waals surface area (Å²) in [7, 11) is 0. The van der Waals surface area contributed by atoms with E-state index in [1.54, 1.807) is 18.2 Å². The highest BCUT2D eigenvalue weighted by atomic mass is 35.5. The molecule has 1 saturated carbocycles. The van der Waals surface area contributed by atoms with Gasteiger partial charge in [0.25, 0.3) is 0 Å². The molecule has 2 aromatic heterocycles. The first-order valence-corrected chi connectivity index (χ1v) is 12.0. The molecule has 2 aromatic carbocycles. The van der Waals surface area contributed by atoms with Crippen LogP contribution in [0.5, 0.6) is 0 Å². The van der Waals surface area contributed by atoms with E-state index in [-0.39, 0.29) is 24.1 Å². The third kappa shape index (κ3) is 4.90. The van der Waals surface area contributed by atoms with E-state index >= 15 is 0 Å². The molecule has 11 heteroatoms.